The number of aryl methyl sites for hydroxylation is 2. The fourth-order valence-electron chi connectivity index (χ4n) is 2.93. The molecule has 0 aliphatic heterocycles. The Morgan fingerprint density at radius 1 is 1.27 bits per heavy atom. The topological polar surface area (TPSA) is 98.3 Å². The first kappa shape index (κ1) is 22.0. The molecule has 2 heterocycles. The van der Waals surface area contributed by atoms with Gasteiger partial charge in [0.1, 0.15) is 10.6 Å². The molecule has 30 heavy (non-hydrogen) atoms. The molecule has 0 spiro atoms. The second kappa shape index (κ2) is 8.97. The van der Waals surface area contributed by atoms with Gasteiger partial charge in [0.15, 0.2) is 5.16 Å². The van der Waals surface area contributed by atoms with Gasteiger partial charge in [0.25, 0.3) is 5.56 Å². The van der Waals surface area contributed by atoms with Gasteiger partial charge in [0, 0.05) is 30.6 Å². The number of amides is 2. The predicted molar refractivity (Wildman–Crippen MR) is 118 cm³/mol. The van der Waals surface area contributed by atoms with Crippen LogP contribution in [0.3, 0.4) is 0 Å². The first-order valence-corrected chi connectivity index (χ1v) is 10.9. The SMILES string of the molecule is Cc1sc2nc(SCC(=O)N(CCC(N)=O)c3ccc(F)cc3)n(C)c(=O)c2c1C. The summed E-state index contributed by atoms with van der Waals surface area (Å²) in [6.45, 7) is 3.92. The maximum Gasteiger partial charge on any atom is 0.262 e. The lowest BCUT2D eigenvalue weighted by atomic mass is 10.2. The molecule has 0 aliphatic carbocycles. The largest absolute Gasteiger partial charge is 0.370 e. The van der Waals surface area contributed by atoms with Gasteiger partial charge in [-0.25, -0.2) is 9.37 Å². The van der Waals surface area contributed by atoms with E-state index in [-0.39, 0.29) is 30.2 Å². The minimum Gasteiger partial charge on any atom is -0.370 e. The number of fused-ring (bicyclic) bond motifs is 1. The van der Waals surface area contributed by atoms with Gasteiger partial charge in [0.2, 0.25) is 11.8 Å². The number of hydrogen-bond acceptors (Lipinski definition) is 6. The molecule has 10 heteroatoms. The zero-order chi connectivity index (χ0) is 22.0. The van der Waals surface area contributed by atoms with Crippen LogP contribution in [0.2, 0.25) is 0 Å². The fraction of sp³-hybridized carbons (Fsp3) is 0.300. The van der Waals surface area contributed by atoms with Gasteiger partial charge in [0.05, 0.1) is 11.1 Å². The van der Waals surface area contributed by atoms with Crippen molar-refractivity contribution in [1.82, 2.24) is 9.55 Å². The Balaban J connectivity index is 1.84. The summed E-state index contributed by atoms with van der Waals surface area (Å²) < 4.78 is 14.7. The number of anilines is 1. The van der Waals surface area contributed by atoms with Crippen molar-refractivity contribution < 1.29 is 14.0 Å². The summed E-state index contributed by atoms with van der Waals surface area (Å²) in [5, 5.41) is 1.03. The van der Waals surface area contributed by atoms with Gasteiger partial charge < -0.3 is 10.6 Å². The van der Waals surface area contributed by atoms with Crippen molar-refractivity contribution in [2.75, 3.05) is 17.2 Å². The molecule has 0 bridgehead atoms. The van der Waals surface area contributed by atoms with Crippen LogP contribution in [0.5, 0.6) is 0 Å². The lowest BCUT2D eigenvalue weighted by molar-refractivity contribution is -0.118. The number of nitrogens with two attached hydrogens (primary N) is 1. The second-order valence-electron chi connectivity index (χ2n) is 6.75. The average Bonchev–Trinajstić information content (AvgIpc) is 2.98. The summed E-state index contributed by atoms with van der Waals surface area (Å²) >= 11 is 2.58. The zero-order valence-corrected chi connectivity index (χ0v) is 18.4. The molecule has 0 saturated heterocycles. The molecule has 0 unspecified atom stereocenters. The van der Waals surface area contributed by atoms with Crippen molar-refractivity contribution >= 4 is 50.8 Å². The normalized spacial score (nSPS) is 11.1. The van der Waals surface area contributed by atoms with Crippen LogP contribution in [0.25, 0.3) is 10.2 Å². The summed E-state index contributed by atoms with van der Waals surface area (Å²) in [4.78, 5) is 44.4. The van der Waals surface area contributed by atoms with Gasteiger partial charge in [-0.15, -0.1) is 11.3 Å². The van der Waals surface area contributed by atoms with E-state index >= 15 is 0 Å². The van der Waals surface area contributed by atoms with Gasteiger partial charge in [-0.3, -0.25) is 19.0 Å². The monoisotopic (exact) mass is 448 g/mol. The maximum absolute atomic E-state index is 13.3. The molecule has 1 aromatic carbocycles. The number of carbonyl (C=O) groups is 2. The second-order valence-corrected chi connectivity index (χ2v) is 8.89. The molecule has 0 atom stereocenters. The quantitative estimate of drug-likeness (QED) is 0.443. The van der Waals surface area contributed by atoms with Gasteiger partial charge in [-0.1, -0.05) is 11.8 Å². The highest BCUT2D eigenvalue weighted by atomic mass is 32.2. The third-order valence-electron chi connectivity index (χ3n) is 4.72. The smallest absolute Gasteiger partial charge is 0.262 e. The number of rotatable bonds is 7. The molecule has 3 aromatic rings. The number of thiophene rings is 1. The van der Waals surface area contributed by atoms with Crippen LogP contribution < -0.4 is 16.2 Å². The van der Waals surface area contributed by atoms with Crippen molar-refractivity contribution in [2.24, 2.45) is 12.8 Å². The molecule has 2 aromatic heterocycles. The highest BCUT2D eigenvalue weighted by Gasteiger charge is 2.20. The number of hydrogen-bond donors (Lipinski definition) is 1. The van der Waals surface area contributed by atoms with E-state index in [0.29, 0.717) is 21.1 Å². The first-order chi connectivity index (χ1) is 14.2. The van der Waals surface area contributed by atoms with Crippen molar-refractivity contribution in [3.63, 3.8) is 0 Å². The first-order valence-electron chi connectivity index (χ1n) is 9.12. The van der Waals surface area contributed by atoms with Crippen LogP contribution in [0.4, 0.5) is 10.1 Å². The van der Waals surface area contributed by atoms with Crippen LogP contribution in [0.1, 0.15) is 16.9 Å². The predicted octanol–water partition coefficient (Wildman–Crippen LogP) is 2.75. The van der Waals surface area contributed by atoms with E-state index in [4.69, 9.17) is 5.73 Å². The number of benzene rings is 1. The minimum absolute atomic E-state index is 0.00867. The third kappa shape index (κ3) is 4.54. The fourth-order valence-corrected chi connectivity index (χ4v) is 4.85. The summed E-state index contributed by atoms with van der Waals surface area (Å²) in [5.74, 6) is -1.28. The molecular weight excluding hydrogens is 427 g/mol. The summed E-state index contributed by atoms with van der Waals surface area (Å²) in [6.07, 6.45) is -0.0236. The Labute approximate surface area is 180 Å². The highest BCUT2D eigenvalue weighted by molar-refractivity contribution is 7.99. The summed E-state index contributed by atoms with van der Waals surface area (Å²) in [5.41, 5.74) is 6.45. The lowest BCUT2D eigenvalue weighted by Crippen LogP contribution is -2.35. The Bertz CT molecular complexity index is 1170. The van der Waals surface area contributed by atoms with Crippen LogP contribution >= 0.6 is 23.1 Å². The summed E-state index contributed by atoms with van der Waals surface area (Å²) in [7, 11) is 1.62. The van der Waals surface area contributed by atoms with Crippen molar-refractivity contribution in [1.29, 1.82) is 0 Å². The summed E-state index contributed by atoms with van der Waals surface area (Å²) in [6, 6.07) is 5.42. The molecule has 0 aliphatic rings. The standard InChI is InChI=1S/C20H21FN4O3S2/c1-11-12(2)30-18-17(11)19(28)24(3)20(23-18)29-10-16(27)25(9-8-15(22)26)14-6-4-13(21)5-7-14/h4-7H,8-10H2,1-3H3,(H2,22,26). The Hall–Kier alpha value is -2.72. The van der Waals surface area contributed by atoms with Crippen molar-refractivity contribution in [3.8, 4) is 0 Å². The van der Waals surface area contributed by atoms with E-state index in [1.807, 2.05) is 13.8 Å². The number of thioether (sulfide) groups is 1. The van der Waals surface area contributed by atoms with Crippen LogP contribution in [0.15, 0.2) is 34.2 Å². The van der Waals surface area contributed by atoms with Crippen LogP contribution in [0, 0.1) is 19.7 Å². The number of halogens is 1. The van der Waals surface area contributed by atoms with E-state index in [0.717, 1.165) is 22.2 Å². The molecule has 158 valence electrons. The Morgan fingerprint density at radius 2 is 1.93 bits per heavy atom. The number of nitrogens with zero attached hydrogens (tertiary/aromatic N) is 3. The lowest BCUT2D eigenvalue weighted by Gasteiger charge is -2.22. The van der Waals surface area contributed by atoms with E-state index in [9.17, 15) is 18.8 Å². The zero-order valence-electron chi connectivity index (χ0n) is 16.8. The molecule has 7 nitrogen and oxygen atoms in total. The van der Waals surface area contributed by atoms with Gasteiger partial charge in [-0.05, 0) is 43.7 Å². The third-order valence-corrected chi connectivity index (χ3v) is 6.83. The molecule has 0 radical (unpaired) electrons. The van der Waals surface area contributed by atoms with Crippen LogP contribution in [-0.2, 0) is 16.6 Å². The van der Waals surface area contributed by atoms with E-state index in [1.165, 1.54) is 45.1 Å². The van der Waals surface area contributed by atoms with Crippen molar-refractivity contribution in [2.45, 2.75) is 25.4 Å². The Kier molecular flexibility index (Phi) is 6.57. The number of aromatic nitrogens is 2. The van der Waals surface area contributed by atoms with Gasteiger partial charge >= 0.3 is 0 Å². The maximum atomic E-state index is 13.3. The molecular formula is C20H21FN4O3S2. The van der Waals surface area contributed by atoms with E-state index in [1.54, 1.807) is 7.05 Å². The minimum atomic E-state index is -0.541. The highest BCUT2D eigenvalue weighted by Crippen LogP contribution is 2.28. The number of primary amides is 1. The van der Waals surface area contributed by atoms with Crippen molar-refractivity contribution in [3.05, 3.63) is 50.9 Å². The van der Waals surface area contributed by atoms with Gasteiger partial charge in [-0.2, -0.15) is 0 Å². The molecule has 0 fully saturated rings. The van der Waals surface area contributed by atoms with E-state index < -0.39 is 11.7 Å². The number of carbonyl (C=O) groups excluding carboxylic acids is 2. The van der Waals surface area contributed by atoms with E-state index in [2.05, 4.69) is 4.98 Å². The molecule has 2 N–H and O–H groups in total. The molecule has 0 saturated carbocycles. The Morgan fingerprint density at radius 3 is 2.57 bits per heavy atom. The molecule has 3 rings (SSSR count). The molecule has 2 amide bonds. The van der Waals surface area contributed by atoms with Crippen LogP contribution in [-0.4, -0.2) is 33.7 Å². The average molecular weight is 449 g/mol.